The summed E-state index contributed by atoms with van der Waals surface area (Å²) in [7, 11) is 0. The molecular weight excluding hydrogens is 128 g/mol. The van der Waals surface area contributed by atoms with Crippen molar-refractivity contribution in [2.24, 2.45) is 0 Å². The van der Waals surface area contributed by atoms with Crippen LogP contribution >= 0.6 is 12.6 Å². The third-order valence-corrected chi connectivity index (χ3v) is 1.80. The summed E-state index contributed by atoms with van der Waals surface area (Å²) in [6, 6.07) is 0. The summed E-state index contributed by atoms with van der Waals surface area (Å²) in [5.41, 5.74) is 1.37. The Morgan fingerprint density at radius 3 is 2.67 bits per heavy atom. The van der Waals surface area contributed by atoms with E-state index >= 15 is 0 Å². The van der Waals surface area contributed by atoms with E-state index in [9.17, 15) is 0 Å². The zero-order chi connectivity index (χ0) is 6.69. The Hall–Kier alpha value is -0.170. The van der Waals surface area contributed by atoms with Gasteiger partial charge in [0.1, 0.15) is 0 Å². The van der Waals surface area contributed by atoms with Gasteiger partial charge in [0.15, 0.2) is 0 Å². The summed E-state index contributed by atoms with van der Waals surface area (Å²) < 4.78 is 0. The molecule has 0 heterocycles. The molecule has 0 saturated heterocycles. The van der Waals surface area contributed by atoms with Gasteiger partial charge < -0.3 is 0 Å². The second kappa shape index (κ2) is 3.11. The van der Waals surface area contributed by atoms with E-state index in [0.717, 1.165) is 0 Å². The first kappa shape index (κ1) is 6.94. The Morgan fingerprint density at radius 2 is 2.33 bits per heavy atom. The van der Waals surface area contributed by atoms with Crippen molar-refractivity contribution in [3.8, 4) is 0 Å². The molecule has 0 saturated carbocycles. The SMILES string of the molecule is C[C@H](S)C1=CCCC=C1. The lowest BCUT2D eigenvalue weighted by atomic mass is 10.1. The van der Waals surface area contributed by atoms with Crippen molar-refractivity contribution in [1.82, 2.24) is 0 Å². The number of hydrogen-bond donors (Lipinski definition) is 1. The Balaban J connectivity index is 2.58. The molecule has 1 aliphatic carbocycles. The fourth-order valence-electron chi connectivity index (χ4n) is 0.943. The largest absolute Gasteiger partial charge is 0.171 e. The fourth-order valence-corrected chi connectivity index (χ4v) is 1.13. The fraction of sp³-hybridized carbons (Fsp3) is 0.500. The van der Waals surface area contributed by atoms with Crippen LogP contribution in [0.4, 0.5) is 0 Å². The number of rotatable bonds is 1. The molecule has 0 bridgehead atoms. The van der Waals surface area contributed by atoms with E-state index in [1.54, 1.807) is 0 Å². The van der Waals surface area contributed by atoms with Crippen LogP contribution in [0.1, 0.15) is 19.8 Å². The maximum Gasteiger partial charge on any atom is 0.0235 e. The second-order valence-corrected chi connectivity index (χ2v) is 3.13. The molecule has 0 fully saturated rings. The van der Waals surface area contributed by atoms with Gasteiger partial charge in [-0.1, -0.05) is 18.2 Å². The molecule has 0 aliphatic heterocycles. The van der Waals surface area contributed by atoms with Crippen LogP contribution in [0, 0.1) is 0 Å². The predicted octanol–water partition coefficient (Wildman–Crippen LogP) is 2.58. The van der Waals surface area contributed by atoms with Crippen LogP contribution in [-0.4, -0.2) is 5.25 Å². The Labute approximate surface area is 62.1 Å². The summed E-state index contributed by atoms with van der Waals surface area (Å²) >= 11 is 4.32. The van der Waals surface area contributed by atoms with Crippen molar-refractivity contribution < 1.29 is 0 Å². The van der Waals surface area contributed by atoms with Crippen molar-refractivity contribution in [3.63, 3.8) is 0 Å². The highest BCUT2D eigenvalue weighted by molar-refractivity contribution is 7.81. The average molecular weight is 140 g/mol. The highest BCUT2D eigenvalue weighted by Crippen LogP contribution is 2.16. The van der Waals surface area contributed by atoms with E-state index in [0.29, 0.717) is 5.25 Å². The zero-order valence-electron chi connectivity index (χ0n) is 5.67. The number of hydrogen-bond acceptors (Lipinski definition) is 1. The molecule has 0 aromatic heterocycles. The molecule has 1 atom stereocenters. The highest BCUT2D eigenvalue weighted by Gasteiger charge is 2.00. The molecule has 0 N–H and O–H groups in total. The minimum Gasteiger partial charge on any atom is -0.171 e. The first-order valence-electron chi connectivity index (χ1n) is 3.35. The van der Waals surface area contributed by atoms with Crippen molar-refractivity contribution in [2.75, 3.05) is 0 Å². The lowest BCUT2D eigenvalue weighted by Crippen LogP contribution is -1.96. The van der Waals surface area contributed by atoms with Crippen molar-refractivity contribution in [2.45, 2.75) is 25.0 Å². The summed E-state index contributed by atoms with van der Waals surface area (Å²) in [5.74, 6) is 0. The van der Waals surface area contributed by atoms with Gasteiger partial charge in [0.05, 0.1) is 0 Å². The standard InChI is InChI=1S/C8H12S/c1-7(9)8-5-3-2-4-6-8/h3,5-7,9H,2,4H2,1H3/t7-/m0/s1. The van der Waals surface area contributed by atoms with Gasteiger partial charge >= 0.3 is 0 Å². The third kappa shape index (κ3) is 1.90. The molecular formula is C8H12S. The van der Waals surface area contributed by atoms with Crippen LogP contribution in [0.15, 0.2) is 23.8 Å². The van der Waals surface area contributed by atoms with Crippen molar-refractivity contribution >= 4 is 12.6 Å². The monoisotopic (exact) mass is 140 g/mol. The molecule has 1 heteroatoms. The van der Waals surface area contributed by atoms with E-state index < -0.39 is 0 Å². The first-order chi connectivity index (χ1) is 4.30. The third-order valence-electron chi connectivity index (χ3n) is 1.51. The Bertz CT molecular complexity index is 143. The molecule has 1 aliphatic rings. The molecule has 0 spiro atoms. The molecule has 0 aromatic rings. The number of allylic oxidation sites excluding steroid dienone is 3. The van der Waals surface area contributed by atoms with Crippen LogP contribution in [0.25, 0.3) is 0 Å². The molecule has 0 aromatic carbocycles. The van der Waals surface area contributed by atoms with Gasteiger partial charge in [-0.2, -0.15) is 12.6 Å². The van der Waals surface area contributed by atoms with E-state index in [-0.39, 0.29) is 0 Å². The predicted molar refractivity (Wildman–Crippen MR) is 44.9 cm³/mol. The summed E-state index contributed by atoms with van der Waals surface area (Å²) in [5, 5.41) is 0.404. The van der Waals surface area contributed by atoms with Gasteiger partial charge in [-0.05, 0) is 25.3 Å². The van der Waals surface area contributed by atoms with E-state index in [1.807, 2.05) is 0 Å². The molecule has 0 radical (unpaired) electrons. The maximum absolute atomic E-state index is 4.32. The zero-order valence-corrected chi connectivity index (χ0v) is 6.57. The molecule has 9 heavy (non-hydrogen) atoms. The first-order valence-corrected chi connectivity index (χ1v) is 3.87. The second-order valence-electron chi connectivity index (χ2n) is 2.36. The van der Waals surface area contributed by atoms with Gasteiger partial charge in [0, 0.05) is 5.25 Å². The molecule has 50 valence electrons. The van der Waals surface area contributed by atoms with Crippen molar-refractivity contribution in [3.05, 3.63) is 23.8 Å². The summed E-state index contributed by atoms with van der Waals surface area (Å²) in [4.78, 5) is 0. The van der Waals surface area contributed by atoms with Crippen molar-refractivity contribution in [1.29, 1.82) is 0 Å². The molecule has 0 unspecified atom stereocenters. The minimum absolute atomic E-state index is 0.404. The van der Waals surface area contributed by atoms with Gasteiger partial charge in [0.2, 0.25) is 0 Å². The number of thiol groups is 1. The topological polar surface area (TPSA) is 0 Å². The quantitative estimate of drug-likeness (QED) is 0.532. The smallest absolute Gasteiger partial charge is 0.0235 e. The van der Waals surface area contributed by atoms with Gasteiger partial charge in [-0.25, -0.2) is 0 Å². The van der Waals surface area contributed by atoms with Crippen LogP contribution in [-0.2, 0) is 0 Å². The van der Waals surface area contributed by atoms with Gasteiger partial charge in [-0.15, -0.1) is 0 Å². The van der Waals surface area contributed by atoms with Crippen LogP contribution < -0.4 is 0 Å². The van der Waals surface area contributed by atoms with Gasteiger partial charge in [0.25, 0.3) is 0 Å². The highest BCUT2D eigenvalue weighted by atomic mass is 32.1. The summed E-state index contributed by atoms with van der Waals surface area (Å²) in [6.45, 7) is 2.10. The normalized spacial score (nSPS) is 21.3. The molecule has 0 nitrogen and oxygen atoms in total. The lowest BCUT2D eigenvalue weighted by molar-refractivity contribution is 0.992. The van der Waals surface area contributed by atoms with Crippen LogP contribution in [0.5, 0.6) is 0 Å². The summed E-state index contributed by atoms with van der Waals surface area (Å²) in [6.07, 6.45) is 9.03. The average Bonchev–Trinajstić information content (AvgIpc) is 1.90. The van der Waals surface area contributed by atoms with E-state index in [4.69, 9.17) is 0 Å². The minimum atomic E-state index is 0.404. The Morgan fingerprint density at radius 1 is 1.56 bits per heavy atom. The Kier molecular flexibility index (Phi) is 2.40. The lowest BCUT2D eigenvalue weighted by Gasteiger charge is -2.08. The maximum atomic E-state index is 4.32. The van der Waals surface area contributed by atoms with Gasteiger partial charge in [-0.3, -0.25) is 0 Å². The van der Waals surface area contributed by atoms with E-state index in [2.05, 4.69) is 37.8 Å². The van der Waals surface area contributed by atoms with Crippen LogP contribution in [0.2, 0.25) is 0 Å². The van der Waals surface area contributed by atoms with E-state index in [1.165, 1.54) is 18.4 Å². The molecule has 1 rings (SSSR count). The molecule has 0 amide bonds. The van der Waals surface area contributed by atoms with Crippen LogP contribution in [0.3, 0.4) is 0 Å².